The molecule has 0 aliphatic heterocycles. The van der Waals surface area contributed by atoms with Crippen LogP contribution in [0.4, 0.5) is 5.82 Å². The van der Waals surface area contributed by atoms with Crippen LogP contribution >= 0.6 is 0 Å². The van der Waals surface area contributed by atoms with Gasteiger partial charge in [0.05, 0.1) is 17.2 Å². The zero-order valence-corrected chi connectivity index (χ0v) is 24.8. The molecule has 4 rings (SSSR count). The first-order valence-electron chi connectivity index (χ1n) is 13.6. The monoisotopic (exact) mass is 563 g/mol. The molecule has 8 nitrogen and oxygen atoms in total. The number of rotatable bonds is 12. The molecule has 1 N–H and O–H groups in total. The molecular formula is C31H37N3O5S. The molecule has 212 valence electrons. The van der Waals surface area contributed by atoms with E-state index in [1.54, 1.807) is 26.0 Å². The first kappa shape index (κ1) is 29.1. The fraction of sp³-hybridized carbons (Fsp3) is 0.355. The van der Waals surface area contributed by atoms with E-state index in [0.29, 0.717) is 41.6 Å². The molecular weight excluding hydrogens is 526 g/mol. The summed E-state index contributed by atoms with van der Waals surface area (Å²) in [6.45, 7) is 12.4. The van der Waals surface area contributed by atoms with Gasteiger partial charge in [0, 0.05) is 22.9 Å². The van der Waals surface area contributed by atoms with Gasteiger partial charge < -0.3 is 14.0 Å². The molecule has 4 aromatic rings. The summed E-state index contributed by atoms with van der Waals surface area (Å²) >= 11 is 0. The predicted molar refractivity (Wildman–Crippen MR) is 157 cm³/mol. The molecule has 0 bridgehead atoms. The van der Waals surface area contributed by atoms with Crippen molar-refractivity contribution in [1.82, 2.24) is 10.1 Å². The Morgan fingerprint density at radius 1 is 0.950 bits per heavy atom. The molecule has 0 radical (unpaired) electrons. The van der Waals surface area contributed by atoms with Crippen molar-refractivity contribution in [1.29, 1.82) is 0 Å². The lowest BCUT2D eigenvalue weighted by molar-refractivity contribution is 0.266. The highest BCUT2D eigenvalue weighted by atomic mass is 32.2. The number of hydrogen-bond donors (Lipinski definition) is 1. The molecule has 0 aliphatic carbocycles. The van der Waals surface area contributed by atoms with E-state index >= 15 is 0 Å². The van der Waals surface area contributed by atoms with Gasteiger partial charge in [-0.05, 0) is 63.3 Å². The van der Waals surface area contributed by atoms with Crippen LogP contribution in [0.15, 0.2) is 57.9 Å². The van der Waals surface area contributed by atoms with E-state index in [-0.39, 0.29) is 10.7 Å². The number of pyridine rings is 1. The standard InChI is InChI=1S/C31H37N3O5S/c1-7-12-24-17-23(19-38-28-18-25(8-2)32-21(5)30(28)37-9-3)15-16-26(24)27-13-10-11-14-29(27)40(35,36)34-31-20(4)22(6)39-33-31/h10-11,13-18H,7-9,12,19H2,1-6H3,(H,33,34). The van der Waals surface area contributed by atoms with Gasteiger partial charge in [-0.15, -0.1) is 0 Å². The van der Waals surface area contributed by atoms with E-state index < -0.39 is 10.0 Å². The Bertz CT molecular complexity index is 1590. The van der Waals surface area contributed by atoms with Gasteiger partial charge in [-0.2, -0.15) is 0 Å². The Morgan fingerprint density at radius 2 is 1.73 bits per heavy atom. The second kappa shape index (κ2) is 12.6. The lowest BCUT2D eigenvalue weighted by Crippen LogP contribution is -2.15. The molecule has 2 aromatic carbocycles. The van der Waals surface area contributed by atoms with E-state index in [1.807, 2.05) is 44.2 Å². The molecule has 2 aromatic heterocycles. The van der Waals surface area contributed by atoms with Gasteiger partial charge in [-0.3, -0.25) is 9.71 Å². The van der Waals surface area contributed by atoms with Crippen LogP contribution in [0.1, 0.15) is 61.0 Å². The van der Waals surface area contributed by atoms with Crippen molar-refractivity contribution in [2.75, 3.05) is 11.3 Å². The second-order valence-corrected chi connectivity index (χ2v) is 11.3. The highest BCUT2D eigenvalue weighted by Gasteiger charge is 2.23. The number of ether oxygens (including phenoxy) is 2. The first-order chi connectivity index (χ1) is 19.2. The van der Waals surface area contributed by atoms with Crippen molar-refractivity contribution in [2.45, 2.75) is 72.3 Å². The summed E-state index contributed by atoms with van der Waals surface area (Å²) < 4.78 is 46.8. The number of aromatic nitrogens is 2. The van der Waals surface area contributed by atoms with Crippen molar-refractivity contribution >= 4 is 15.8 Å². The van der Waals surface area contributed by atoms with Crippen LogP contribution in [-0.4, -0.2) is 25.2 Å². The number of sulfonamides is 1. The molecule has 0 atom stereocenters. The molecule has 0 fully saturated rings. The third-order valence-electron chi connectivity index (χ3n) is 6.75. The number of nitrogens with zero attached hydrogens (tertiary/aromatic N) is 2. The van der Waals surface area contributed by atoms with Crippen molar-refractivity contribution in [2.24, 2.45) is 0 Å². The van der Waals surface area contributed by atoms with Gasteiger partial charge >= 0.3 is 0 Å². The Kier molecular flexibility index (Phi) is 9.14. The minimum Gasteiger partial charge on any atom is -0.488 e. The number of benzene rings is 2. The van der Waals surface area contributed by atoms with E-state index in [1.165, 1.54) is 0 Å². The van der Waals surface area contributed by atoms with Crippen molar-refractivity contribution < 1.29 is 22.4 Å². The molecule has 0 spiro atoms. The third-order valence-corrected chi connectivity index (χ3v) is 8.15. The lowest BCUT2D eigenvalue weighted by atomic mass is 9.95. The quantitative estimate of drug-likeness (QED) is 0.199. The van der Waals surface area contributed by atoms with Crippen LogP contribution in [0.3, 0.4) is 0 Å². The van der Waals surface area contributed by atoms with E-state index in [0.717, 1.165) is 47.3 Å². The van der Waals surface area contributed by atoms with Crippen LogP contribution < -0.4 is 14.2 Å². The number of anilines is 1. The topological polar surface area (TPSA) is 104 Å². The summed E-state index contributed by atoms with van der Waals surface area (Å²) in [7, 11) is -3.93. The Labute approximate surface area is 236 Å². The summed E-state index contributed by atoms with van der Waals surface area (Å²) in [5, 5.41) is 3.87. The Morgan fingerprint density at radius 3 is 2.40 bits per heavy atom. The van der Waals surface area contributed by atoms with E-state index in [2.05, 4.69) is 34.8 Å². The molecule has 0 aliphatic rings. The van der Waals surface area contributed by atoms with Gasteiger partial charge in [0.1, 0.15) is 12.4 Å². The fourth-order valence-corrected chi connectivity index (χ4v) is 5.84. The molecule has 2 heterocycles. The van der Waals surface area contributed by atoms with Crippen molar-refractivity contribution in [3.63, 3.8) is 0 Å². The molecule has 9 heteroatoms. The van der Waals surface area contributed by atoms with Crippen LogP contribution in [-0.2, 0) is 29.5 Å². The van der Waals surface area contributed by atoms with Gasteiger partial charge in [-0.25, -0.2) is 8.42 Å². The molecule has 0 amide bonds. The SMILES string of the molecule is CCCc1cc(COc2cc(CC)nc(C)c2OCC)ccc1-c1ccccc1S(=O)(=O)Nc1noc(C)c1C. The Hall–Kier alpha value is -3.85. The average Bonchev–Trinajstić information content (AvgIpc) is 3.25. The minimum atomic E-state index is -3.93. The van der Waals surface area contributed by atoms with Gasteiger partial charge in [0.2, 0.25) is 0 Å². The molecule has 0 saturated carbocycles. The zero-order chi connectivity index (χ0) is 28.9. The van der Waals surface area contributed by atoms with Gasteiger partial charge in [-0.1, -0.05) is 61.8 Å². The summed E-state index contributed by atoms with van der Waals surface area (Å²) in [5.41, 5.74) is 5.92. The maximum atomic E-state index is 13.5. The van der Waals surface area contributed by atoms with E-state index in [9.17, 15) is 8.42 Å². The first-order valence-corrected chi connectivity index (χ1v) is 15.1. The lowest BCUT2D eigenvalue weighted by Gasteiger charge is -2.17. The van der Waals surface area contributed by atoms with Crippen molar-refractivity contribution in [3.8, 4) is 22.6 Å². The number of hydrogen-bond acceptors (Lipinski definition) is 7. The molecule has 0 saturated heterocycles. The highest BCUT2D eigenvalue weighted by Crippen LogP contribution is 2.35. The maximum absolute atomic E-state index is 13.5. The van der Waals surface area contributed by atoms with Gasteiger partial charge in [0.15, 0.2) is 17.3 Å². The summed E-state index contributed by atoms with van der Waals surface area (Å²) in [6, 6.07) is 15.0. The van der Waals surface area contributed by atoms with Crippen LogP contribution in [0.2, 0.25) is 0 Å². The minimum absolute atomic E-state index is 0.178. The summed E-state index contributed by atoms with van der Waals surface area (Å²) in [4.78, 5) is 4.78. The van der Waals surface area contributed by atoms with Crippen LogP contribution in [0, 0.1) is 20.8 Å². The average molecular weight is 564 g/mol. The van der Waals surface area contributed by atoms with Gasteiger partial charge in [0.25, 0.3) is 10.0 Å². The fourth-order valence-electron chi connectivity index (χ4n) is 4.56. The summed E-state index contributed by atoms with van der Waals surface area (Å²) in [6.07, 6.45) is 2.48. The maximum Gasteiger partial charge on any atom is 0.263 e. The van der Waals surface area contributed by atoms with Crippen LogP contribution in [0.25, 0.3) is 11.1 Å². The molecule has 0 unspecified atom stereocenters. The van der Waals surface area contributed by atoms with E-state index in [4.69, 9.17) is 14.0 Å². The highest BCUT2D eigenvalue weighted by molar-refractivity contribution is 7.92. The smallest absolute Gasteiger partial charge is 0.263 e. The second-order valence-electron chi connectivity index (χ2n) is 9.66. The Balaban J connectivity index is 1.67. The third kappa shape index (κ3) is 6.31. The van der Waals surface area contributed by atoms with Crippen LogP contribution in [0.5, 0.6) is 11.5 Å². The zero-order valence-electron chi connectivity index (χ0n) is 24.0. The molecule has 40 heavy (non-hydrogen) atoms. The number of nitrogens with one attached hydrogen (secondary N) is 1. The summed E-state index contributed by atoms with van der Waals surface area (Å²) in [5.74, 6) is 2.09. The number of aryl methyl sites for hydroxylation is 4. The van der Waals surface area contributed by atoms with Crippen molar-refractivity contribution in [3.05, 3.63) is 82.4 Å². The largest absolute Gasteiger partial charge is 0.488 e. The predicted octanol–water partition coefficient (Wildman–Crippen LogP) is 6.96. The normalized spacial score (nSPS) is 11.4.